The molecule has 0 aliphatic heterocycles. The summed E-state index contributed by atoms with van der Waals surface area (Å²) in [5, 5.41) is 0.457. The molecular formula is C29H30ClN3O9. The Morgan fingerprint density at radius 2 is 1.36 bits per heavy atom. The van der Waals surface area contributed by atoms with Crippen molar-refractivity contribution in [2.45, 2.75) is 0 Å². The van der Waals surface area contributed by atoms with E-state index in [0.717, 1.165) is 0 Å². The maximum Gasteiger partial charge on any atom is 0.355 e. The van der Waals surface area contributed by atoms with Crippen molar-refractivity contribution in [2.24, 2.45) is 5.73 Å². The SMILES string of the molecule is COC(=O)c1c(-c2cc(OC)c(OC)c(OC)c2)c2cc(OC)c(OCC(N)=O)cc2c(=O)n1-c1ccc(N)cc1.Cl. The Balaban J connectivity index is 0.00000484. The Labute approximate surface area is 247 Å². The molecule has 0 saturated heterocycles. The van der Waals surface area contributed by atoms with Crippen LogP contribution < -0.4 is 40.7 Å². The monoisotopic (exact) mass is 599 g/mol. The van der Waals surface area contributed by atoms with Crippen molar-refractivity contribution in [3.05, 3.63) is 64.6 Å². The standard InChI is InChI=1S/C29H29N3O9.ClH/c1-36-20-12-18-19(13-21(20)41-14-24(31)33)28(34)32(17-8-6-16(30)7-9-17)26(29(35)40-5)25(18)15-10-22(37-2)27(39-4)23(11-15)38-3;/h6-13H,14,30H2,1-5H3,(H2,31,33);1H. The fraction of sp³-hybridized carbons (Fsp3) is 0.207. The average Bonchev–Trinajstić information content (AvgIpc) is 2.98. The number of ether oxygens (including phenoxy) is 6. The summed E-state index contributed by atoms with van der Waals surface area (Å²) in [6, 6.07) is 12.6. The Hall–Kier alpha value is -5.10. The van der Waals surface area contributed by atoms with Gasteiger partial charge in [-0.15, -0.1) is 12.4 Å². The summed E-state index contributed by atoms with van der Waals surface area (Å²) in [4.78, 5) is 39.1. The van der Waals surface area contributed by atoms with Gasteiger partial charge in [-0.3, -0.25) is 14.2 Å². The van der Waals surface area contributed by atoms with Crippen LogP contribution in [-0.4, -0.2) is 58.6 Å². The molecule has 13 heteroatoms. The highest BCUT2D eigenvalue weighted by atomic mass is 35.5. The van der Waals surface area contributed by atoms with E-state index in [-0.39, 0.29) is 35.0 Å². The molecule has 0 bridgehead atoms. The quantitative estimate of drug-likeness (QED) is 0.204. The number of carbonyl (C=O) groups excluding carboxylic acids is 2. The number of rotatable bonds is 10. The van der Waals surface area contributed by atoms with E-state index in [1.165, 1.54) is 52.2 Å². The van der Waals surface area contributed by atoms with Gasteiger partial charge < -0.3 is 39.9 Å². The summed E-state index contributed by atoms with van der Waals surface area (Å²) >= 11 is 0. The largest absolute Gasteiger partial charge is 0.493 e. The molecule has 4 aromatic rings. The summed E-state index contributed by atoms with van der Waals surface area (Å²) in [6.45, 7) is -0.450. The molecule has 0 saturated carbocycles. The van der Waals surface area contributed by atoms with Crippen LogP contribution in [0.3, 0.4) is 0 Å². The van der Waals surface area contributed by atoms with Crippen molar-refractivity contribution in [1.82, 2.24) is 4.57 Å². The molecule has 42 heavy (non-hydrogen) atoms. The molecule has 4 N–H and O–H groups in total. The van der Waals surface area contributed by atoms with E-state index in [2.05, 4.69) is 0 Å². The zero-order valence-corrected chi connectivity index (χ0v) is 24.3. The number of anilines is 1. The van der Waals surface area contributed by atoms with Gasteiger partial charge in [-0.2, -0.15) is 0 Å². The first-order valence-corrected chi connectivity index (χ1v) is 12.1. The molecule has 1 aromatic heterocycles. The second kappa shape index (κ2) is 13.0. The smallest absolute Gasteiger partial charge is 0.355 e. The third-order valence-electron chi connectivity index (χ3n) is 6.32. The molecule has 0 aliphatic carbocycles. The topological polar surface area (TPSA) is 164 Å². The highest BCUT2D eigenvalue weighted by Crippen LogP contribution is 2.45. The van der Waals surface area contributed by atoms with Crippen molar-refractivity contribution >= 4 is 40.7 Å². The molecule has 0 aliphatic rings. The average molecular weight is 600 g/mol. The number of nitrogens with zero attached hydrogens (tertiary/aromatic N) is 1. The number of methoxy groups -OCH3 is 5. The lowest BCUT2D eigenvalue weighted by Crippen LogP contribution is -2.27. The van der Waals surface area contributed by atoms with Gasteiger partial charge in [0.2, 0.25) is 5.75 Å². The lowest BCUT2D eigenvalue weighted by Gasteiger charge is -2.21. The molecule has 0 spiro atoms. The van der Waals surface area contributed by atoms with Crippen molar-refractivity contribution in [3.8, 4) is 45.6 Å². The van der Waals surface area contributed by atoms with Crippen molar-refractivity contribution in [3.63, 3.8) is 0 Å². The van der Waals surface area contributed by atoms with Gasteiger partial charge in [0.15, 0.2) is 29.6 Å². The van der Waals surface area contributed by atoms with Crippen LogP contribution in [0.4, 0.5) is 5.69 Å². The summed E-state index contributed by atoms with van der Waals surface area (Å²) in [5.74, 6) is -0.277. The predicted octanol–water partition coefficient (Wildman–Crippen LogP) is 3.35. The van der Waals surface area contributed by atoms with Crippen LogP contribution in [-0.2, 0) is 9.53 Å². The minimum atomic E-state index is -0.794. The zero-order chi connectivity index (χ0) is 29.8. The van der Waals surface area contributed by atoms with E-state index in [1.807, 2.05) is 0 Å². The molecule has 222 valence electrons. The number of carbonyl (C=O) groups is 2. The molecule has 1 heterocycles. The number of pyridine rings is 1. The number of hydrogen-bond acceptors (Lipinski definition) is 10. The van der Waals surface area contributed by atoms with Crippen molar-refractivity contribution in [1.29, 1.82) is 0 Å². The second-order valence-electron chi connectivity index (χ2n) is 8.66. The van der Waals surface area contributed by atoms with Crippen LogP contribution in [0.15, 0.2) is 53.3 Å². The van der Waals surface area contributed by atoms with Crippen molar-refractivity contribution < 1.29 is 38.0 Å². The minimum Gasteiger partial charge on any atom is -0.493 e. The number of hydrogen-bond donors (Lipinski definition) is 2. The van der Waals surface area contributed by atoms with Crippen LogP contribution in [0.25, 0.3) is 27.6 Å². The Morgan fingerprint density at radius 1 is 0.786 bits per heavy atom. The van der Waals surface area contributed by atoms with Crippen LogP contribution in [0, 0.1) is 0 Å². The van der Waals surface area contributed by atoms with Crippen molar-refractivity contribution in [2.75, 3.05) is 47.9 Å². The molecule has 1 amide bonds. The van der Waals surface area contributed by atoms with Gasteiger partial charge in [0, 0.05) is 22.3 Å². The maximum absolute atomic E-state index is 14.1. The number of amides is 1. The summed E-state index contributed by atoms with van der Waals surface area (Å²) in [5.41, 5.74) is 12.0. The number of nitrogens with two attached hydrogens (primary N) is 2. The minimum absolute atomic E-state index is 0. The first-order chi connectivity index (χ1) is 19.7. The number of fused-ring (bicyclic) bond motifs is 1. The number of esters is 1. The van der Waals surface area contributed by atoms with E-state index in [4.69, 9.17) is 39.9 Å². The Kier molecular flexibility index (Phi) is 9.76. The molecule has 12 nitrogen and oxygen atoms in total. The Bertz CT molecular complexity index is 1680. The highest BCUT2D eigenvalue weighted by molar-refractivity contribution is 6.08. The summed E-state index contributed by atoms with van der Waals surface area (Å²) in [7, 11) is 7.00. The molecule has 0 atom stereocenters. The molecule has 0 radical (unpaired) electrons. The molecule has 0 fully saturated rings. The zero-order valence-electron chi connectivity index (χ0n) is 23.5. The van der Waals surface area contributed by atoms with Gasteiger partial charge in [0.05, 0.1) is 40.9 Å². The molecular weight excluding hydrogens is 570 g/mol. The van der Waals surface area contributed by atoms with Gasteiger partial charge in [-0.25, -0.2) is 4.79 Å². The third-order valence-corrected chi connectivity index (χ3v) is 6.32. The molecule has 4 rings (SSSR count). The predicted molar refractivity (Wildman–Crippen MR) is 159 cm³/mol. The van der Waals surface area contributed by atoms with Crippen LogP contribution in [0.2, 0.25) is 0 Å². The number of aromatic nitrogens is 1. The van der Waals surface area contributed by atoms with Gasteiger partial charge in [-0.1, -0.05) is 0 Å². The van der Waals surface area contributed by atoms with E-state index in [9.17, 15) is 14.4 Å². The normalized spacial score (nSPS) is 10.4. The van der Waals surface area contributed by atoms with E-state index < -0.39 is 24.0 Å². The summed E-state index contributed by atoms with van der Waals surface area (Å²) < 4.78 is 34.0. The Morgan fingerprint density at radius 3 is 1.86 bits per heavy atom. The highest BCUT2D eigenvalue weighted by Gasteiger charge is 2.28. The van der Waals surface area contributed by atoms with E-state index in [1.54, 1.807) is 36.4 Å². The van der Waals surface area contributed by atoms with Crippen LogP contribution in [0.5, 0.6) is 28.7 Å². The lowest BCUT2D eigenvalue weighted by molar-refractivity contribution is -0.119. The number of halogens is 1. The number of nitrogen functional groups attached to an aromatic ring is 1. The van der Waals surface area contributed by atoms with Gasteiger partial charge in [0.1, 0.15) is 5.69 Å². The van der Waals surface area contributed by atoms with Gasteiger partial charge >= 0.3 is 5.97 Å². The maximum atomic E-state index is 14.1. The van der Waals surface area contributed by atoms with E-state index in [0.29, 0.717) is 45.1 Å². The fourth-order valence-electron chi connectivity index (χ4n) is 4.50. The number of benzene rings is 3. The second-order valence-corrected chi connectivity index (χ2v) is 8.66. The molecule has 0 unspecified atom stereocenters. The lowest BCUT2D eigenvalue weighted by atomic mass is 9.95. The van der Waals surface area contributed by atoms with Gasteiger partial charge in [0.25, 0.3) is 11.5 Å². The van der Waals surface area contributed by atoms with E-state index >= 15 is 0 Å². The molecule has 3 aromatic carbocycles. The van der Waals surface area contributed by atoms with Crippen LogP contribution in [0.1, 0.15) is 10.5 Å². The number of primary amides is 1. The summed E-state index contributed by atoms with van der Waals surface area (Å²) in [6.07, 6.45) is 0. The first-order valence-electron chi connectivity index (χ1n) is 12.1. The van der Waals surface area contributed by atoms with Crippen LogP contribution >= 0.6 is 12.4 Å². The fourth-order valence-corrected chi connectivity index (χ4v) is 4.50. The van der Waals surface area contributed by atoms with Gasteiger partial charge in [-0.05, 0) is 54.1 Å². The third kappa shape index (κ3) is 5.70. The first kappa shape index (κ1) is 31.4.